The first-order valence-corrected chi connectivity index (χ1v) is 11.8. The minimum atomic E-state index is -3.56. The smallest absolute Gasteiger partial charge is 0.267 e. The number of pyridine rings is 2. The van der Waals surface area contributed by atoms with Crippen molar-refractivity contribution in [3.8, 4) is 5.75 Å². The van der Waals surface area contributed by atoms with Crippen LogP contribution in [-0.2, 0) is 6.54 Å². The van der Waals surface area contributed by atoms with Gasteiger partial charge in [0.05, 0.1) is 17.6 Å². The lowest BCUT2D eigenvalue weighted by atomic mass is 10.1. The minimum Gasteiger partial charge on any atom is -0.506 e. The molecular formula is C22H17BrN4O4S. The van der Waals surface area contributed by atoms with E-state index < -0.39 is 16.3 Å². The largest absolute Gasteiger partial charge is 0.506 e. The zero-order valence-electron chi connectivity index (χ0n) is 16.4. The first kappa shape index (κ1) is 20.7. The van der Waals surface area contributed by atoms with Gasteiger partial charge in [0.25, 0.3) is 5.56 Å². The van der Waals surface area contributed by atoms with Crippen LogP contribution in [0.4, 0.5) is 5.69 Å². The standard InChI is InChI=1S/C22H17BrN4O4S/c23-14-6-3-5-13(11-14)12-27-21-15(7-4-10-24-21)19(28)18(22(27)29)20-25-16-8-1-2-9-17(16)32(30,31)26-20/h1-11,28,30-31H,12H2,(H,25,26). The molecular weight excluding hydrogens is 496 g/mol. The lowest BCUT2D eigenvalue weighted by Gasteiger charge is -2.34. The van der Waals surface area contributed by atoms with Crippen LogP contribution in [0.3, 0.4) is 0 Å². The Morgan fingerprint density at radius 3 is 2.69 bits per heavy atom. The highest BCUT2D eigenvalue weighted by molar-refractivity contribution is 9.10. The number of amidine groups is 1. The summed E-state index contributed by atoms with van der Waals surface area (Å²) < 4.78 is 27.5. The lowest BCUT2D eigenvalue weighted by Crippen LogP contribution is -2.32. The molecule has 10 heteroatoms. The third kappa shape index (κ3) is 3.47. The Morgan fingerprint density at radius 1 is 1.06 bits per heavy atom. The number of aromatic hydroxyl groups is 1. The van der Waals surface area contributed by atoms with Gasteiger partial charge in [0, 0.05) is 10.7 Å². The molecule has 0 aliphatic carbocycles. The number of nitrogens with one attached hydrogen (secondary N) is 1. The summed E-state index contributed by atoms with van der Waals surface area (Å²) in [6.07, 6.45) is 1.54. The van der Waals surface area contributed by atoms with Crippen molar-refractivity contribution in [1.82, 2.24) is 9.55 Å². The number of rotatable bonds is 3. The molecule has 0 amide bonds. The molecule has 0 radical (unpaired) electrons. The van der Waals surface area contributed by atoms with Crippen LogP contribution in [0.2, 0.25) is 0 Å². The van der Waals surface area contributed by atoms with Crippen LogP contribution in [0.5, 0.6) is 5.75 Å². The van der Waals surface area contributed by atoms with Gasteiger partial charge in [-0.05, 0) is 42.0 Å². The third-order valence-corrected chi connectivity index (χ3v) is 6.99. The van der Waals surface area contributed by atoms with E-state index in [2.05, 4.69) is 30.6 Å². The molecule has 0 saturated heterocycles. The molecule has 0 saturated carbocycles. The maximum absolute atomic E-state index is 13.6. The van der Waals surface area contributed by atoms with Gasteiger partial charge in [0.1, 0.15) is 21.9 Å². The van der Waals surface area contributed by atoms with Crippen LogP contribution in [0, 0.1) is 0 Å². The molecule has 8 nitrogen and oxygen atoms in total. The van der Waals surface area contributed by atoms with Crippen molar-refractivity contribution in [1.29, 1.82) is 0 Å². The molecule has 0 atom stereocenters. The van der Waals surface area contributed by atoms with Crippen molar-refractivity contribution in [2.75, 3.05) is 5.32 Å². The normalized spacial score (nSPS) is 15.5. The van der Waals surface area contributed by atoms with Gasteiger partial charge >= 0.3 is 0 Å². The van der Waals surface area contributed by atoms with Crippen molar-refractivity contribution in [2.45, 2.75) is 11.4 Å². The zero-order valence-corrected chi connectivity index (χ0v) is 18.8. The predicted octanol–water partition coefficient (Wildman–Crippen LogP) is 4.81. The summed E-state index contributed by atoms with van der Waals surface area (Å²) in [6.45, 7) is 0.194. The first-order chi connectivity index (χ1) is 15.3. The fourth-order valence-electron chi connectivity index (χ4n) is 3.69. The average molecular weight is 513 g/mol. The number of aromatic nitrogens is 2. The van der Waals surface area contributed by atoms with Gasteiger partial charge in [0.2, 0.25) is 0 Å². The number of hydrogen-bond acceptors (Lipinski definition) is 7. The van der Waals surface area contributed by atoms with Gasteiger partial charge in [0.15, 0.2) is 5.84 Å². The van der Waals surface area contributed by atoms with E-state index in [-0.39, 0.29) is 28.6 Å². The molecule has 4 aromatic rings. The summed E-state index contributed by atoms with van der Waals surface area (Å²) in [5.74, 6) is -0.440. The molecule has 1 aliphatic rings. The second-order valence-corrected chi connectivity index (χ2v) is 9.77. The van der Waals surface area contributed by atoms with E-state index in [9.17, 15) is 19.0 Å². The van der Waals surface area contributed by atoms with Crippen molar-refractivity contribution < 1.29 is 14.2 Å². The number of hydrogen-bond donors (Lipinski definition) is 4. The van der Waals surface area contributed by atoms with Crippen LogP contribution in [0.15, 0.2) is 85.4 Å². The average Bonchev–Trinajstić information content (AvgIpc) is 2.76. The van der Waals surface area contributed by atoms with E-state index in [4.69, 9.17) is 0 Å². The zero-order chi connectivity index (χ0) is 22.5. The Hall–Kier alpha value is -3.18. The molecule has 2 aromatic carbocycles. The van der Waals surface area contributed by atoms with Gasteiger partial charge < -0.3 is 10.4 Å². The quantitative estimate of drug-likeness (QED) is 0.312. The maximum atomic E-state index is 13.6. The van der Waals surface area contributed by atoms with Gasteiger partial charge in [-0.3, -0.25) is 18.5 Å². The fraction of sp³-hybridized carbons (Fsp3) is 0.0455. The summed E-state index contributed by atoms with van der Waals surface area (Å²) in [5, 5.41) is 14.3. The Labute approximate surface area is 192 Å². The molecule has 2 aromatic heterocycles. The number of para-hydroxylation sites is 1. The van der Waals surface area contributed by atoms with Crippen molar-refractivity contribution in [2.24, 2.45) is 4.40 Å². The van der Waals surface area contributed by atoms with Crippen LogP contribution in [0.1, 0.15) is 11.1 Å². The Morgan fingerprint density at radius 2 is 1.88 bits per heavy atom. The van der Waals surface area contributed by atoms with Crippen LogP contribution >= 0.6 is 26.7 Å². The molecule has 0 unspecified atom stereocenters. The molecule has 0 bridgehead atoms. The summed E-state index contributed by atoms with van der Waals surface area (Å²) in [5.41, 5.74) is 0.839. The van der Waals surface area contributed by atoms with Crippen molar-refractivity contribution in [3.63, 3.8) is 0 Å². The van der Waals surface area contributed by atoms with Crippen LogP contribution < -0.4 is 10.9 Å². The third-order valence-electron chi connectivity index (χ3n) is 5.11. The molecule has 4 N–H and O–H groups in total. The summed E-state index contributed by atoms with van der Waals surface area (Å²) in [6, 6.07) is 17.4. The van der Waals surface area contributed by atoms with Gasteiger partial charge in [-0.2, -0.15) is 0 Å². The molecule has 32 heavy (non-hydrogen) atoms. The second kappa shape index (κ2) is 7.75. The van der Waals surface area contributed by atoms with Crippen molar-refractivity contribution >= 4 is 49.3 Å². The number of fused-ring (bicyclic) bond motifs is 2. The summed E-state index contributed by atoms with van der Waals surface area (Å²) in [4.78, 5) is 18.1. The molecule has 1 aliphatic heterocycles. The lowest BCUT2D eigenvalue weighted by molar-refractivity contribution is 0.477. The van der Waals surface area contributed by atoms with E-state index in [0.717, 1.165) is 10.0 Å². The summed E-state index contributed by atoms with van der Waals surface area (Å²) in [7, 11) is -3.56. The number of benzene rings is 2. The monoisotopic (exact) mass is 512 g/mol. The van der Waals surface area contributed by atoms with E-state index in [1.165, 1.54) is 4.57 Å². The molecule has 3 heterocycles. The highest BCUT2D eigenvalue weighted by Gasteiger charge is 2.30. The van der Waals surface area contributed by atoms with Gasteiger partial charge in [-0.25, -0.2) is 4.98 Å². The van der Waals surface area contributed by atoms with E-state index in [0.29, 0.717) is 16.7 Å². The first-order valence-electron chi connectivity index (χ1n) is 9.55. The van der Waals surface area contributed by atoms with E-state index in [1.807, 2.05) is 24.3 Å². The van der Waals surface area contributed by atoms with E-state index >= 15 is 0 Å². The Balaban J connectivity index is 1.75. The Bertz CT molecular complexity index is 1470. The fourth-order valence-corrected chi connectivity index (χ4v) is 5.30. The highest BCUT2D eigenvalue weighted by Crippen LogP contribution is 2.55. The molecule has 0 fully saturated rings. The molecule has 5 rings (SSSR count). The van der Waals surface area contributed by atoms with Crippen LogP contribution in [0.25, 0.3) is 11.0 Å². The molecule has 162 valence electrons. The maximum Gasteiger partial charge on any atom is 0.267 e. The SMILES string of the molecule is O=c1c(C2=NS(O)(O)c3ccccc3N2)c(O)c2cccnc2n1Cc1cccc(Br)c1. The minimum absolute atomic E-state index is 0.111. The van der Waals surface area contributed by atoms with Gasteiger partial charge in [-0.15, -0.1) is 4.40 Å². The number of halogens is 1. The second-order valence-electron chi connectivity index (χ2n) is 7.20. The van der Waals surface area contributed by atoms with Crippen LogP contribution in [-0.4, -0.2) is 29.6 Å². The van der Waals surface area contributed by atoms with E-state index in [1.54, 1.807) is 42.6 Å². The predicted molar refractivity (Wildman–Crippen MR) is 129 cm³/mol. The topological polar surface area (TPSA) is 120 Å². The number of anilines is 1. The van der Waals surface area contributed by atoms with Crippen molar-refractivity contribution in [3.05, 3.63) is 92.8 Å². The summed E-state index contributed by atoms with van der Waals surface area (Å²) >= 11 is 3.44. The number of nitrogens with zero attached hydrogens (tertiary/aromatic N) is 3. The Kier molecular flexibility index (Phi) is 5.01. The highest BCUT2D eigenvalue weighted by atomic mass is 79.9. The molecule has 0 spiro atoms. The van der Waals surface area contributed by atoms with Gasteiger partial charge in [-0.1, -0.05) is 51.0 Å².